The molecule has 0 bridgehead atoms. The standard InChI is InChI=1S/C19H15Cl2NO4/c20-14-7-5-12(6-8-14)17(23)11-26-19(25)13-9-18(24)22(10-13)16-4-2-1-3-15(16)21/h1-8,13H,9-11H2. The number of benzene rings is 2. The van der Waals surface area contributed by atoms with Gasteiger partial charge < -0.3 is 9.64 Å². The van der Waals surface area contributed by atoms with Crippen LogP contribution in [0.3, 0.4) is 0 Å². The Morgan fingerprint density at radius 1 is 1.08 bits per heavy atom. The number of amides is 1. The zero-order valence-corrected chi connectivity index (χ0v) is 15.2. The van der Waals surface area contributed by atoms with Gasteiger partial charge in [0.1, 0.15) is 0 Å². The molecule has 2 aromatic rings. The van der Waals surface area contributed by atoms with Gasteiger partial charge in [-0.15, -0.1) is 0 Å². The monoisotopic (exact) mass is 391 g/mol. The second-order valence-electron chi connectivity index (χ2n) is 5.89. The fourth-order valence-corrected chi connectivity index (χ4v) is 3.11. The summed E-state index contributed by atoms with van der Waals surface area (Å²) < 4.78 is 5.10. The van der Waals surface area contributed by atoms with Gasteiger partial charge in [-0.25, -0.2) is 0 Å². The molecule has 1 unspecified atom stereocenters. The number of para-hydroxylation sites is 1. The number of nitrogens with zero attached hydrogens (tertiary/aromatic N) is 1. The van der Waals surface area contributed by atoms with Crippen molar-refractivity contribution >= 4 is 46.5 Å². The highest BCUT2D eigenvalue weighted by Crippen LogP contribution is 2.31. The van der Waals surface area contributed by atoms with Crippen LogP contribution in [0.15, 0.2) is 48.5 Å². The molecule has 0 aliphatic carbocycles. The van der Waals surface area contributed by atoms with Crippen LogP contribution in [-0.2, 0) is 14.3 Å². The smallest absolute Gasteiger partial charge is 0.311 e. The van der Waals surface area contributed by atoms with Gasteiger partial charge in [-0.1, -0.05) is 35.3 Å². The summed E-state index contributed by atoms with van der Waals surface area (Å²) >= 11 is 11.9. The van der Waals surface area contributed by atoms with Crippen LogP contribution in [-0.4, -0.2) is 30.8 Å². The van der Waals surface area contributed by atoms with E-state index in [0.717, 1.165) is 0 Å². The van der Waals surface area contributed by atoms with Gasteiger partial charge in [0.25, 0.3) is 0 Å². The lowest BCUT2D eigenvalue weighted by Crippen LogP contribution is -2.27. The van der Waals surface area contributed by atoms with E-state index in [0.29, 0.717) is 21.3 Å². The zero-order valence-electron chi connectivity index (χ0n) is 13.7. The number of halogens is 2. The lowest BCUT2D eigenvalue weighted by molar-refractivity contribution is -0.147. The van der Waals surface area contributed by atoms with Crippen LogP contribution in [0.1, 0.15) is 16.8 Å². The van der Waals surface area contributed by atoms with Crippen LogP contribution in [0.4, 0.5) is 5.69 Å². The number of ketones is 1. The minimum absolute atomic E-state index is 0.0270. The molecule has 0 radical (unpaired) electrons. The minimum Gasteiger partial charge on any atom is -0.457 e. The molecule has 0 spiro atoms. The summed E-state index contributed by atoms with van der Waals surface area (Å²) in [6, 6.07) is 13.2. The molecule has 2 aromatic carbocycles. The van der Waals surface area contributed by atoms with Crippen LogP contribution in [0.5, 0.6) is 0 Å². The lowest BCUT2D eigenvalue weighted by atomic mass is 10.1. The molecule has 1 saturated heterocycles. The normalized spacial score (nSPS) is 16.6. The Kier molecular flexibility index (Phi) is 5.59. The maximum absolute atomic E-state index is 12.2. The Balaban J connectivity index is 1.59. The Morgan fingerprint density at radius 2 is 1.77 bits per heavy atom. The predicted octanol–water partition coefficient (Wildman–Crippen LogP) is 3.77. The second kappa shape index (κ2) is 7.89. The topological polar surface area (TPSA) is 63.7 Å². The van der Waals surface area contributed by atoms with Crippen LogP contribution >= 0.6 is 23.2 Å². The van der Waals surface area contributed by atoms with E-state index in [1.165, 1.54) is 4.90 Å². The van der Waals surface area contributed by atoms with Crippen molar-refractivity contribution < 1.29 is 19.1 Å². The highest BCUT2D eigenvalue weighted by Gasteiger charge is 2.37. The van der Waals surface area contributed by atoms with E-state index in [-0.39, 0.29) is 31.3 Å². The van der Waals surface area contributed by atoms with Crippen molar-refractivity contribution in [3.05, 3.63) is 64.1 Å². The van der Waals surface area contributed by atoms with Gasteiger partial charge in [-0.05, 0) is 36.4 Å². The summed E-state index contributed by atoms with van der Waals surface area (Å²) in [5.74, 6) is -1.74. The maximum Gasteiger partial charge on any atom is 0.311 e. The third-order valence-electron chi connectivity index (χ3n) is 4.11. The van der Waals surface area contributed by atoms with Crippen molar-refractivity contribution in [1.29, 1.82) is 0 Å². The van der Waals surface area contributed by atoms with Gasteiger partial charge in [0.15, 0.2) is 12.4 Å². The molecule has 7 heteroatoms. The molecule has 1 aliphatic rings. The van der Waals surface area contributed by atoms with Crippen molar-refractivity contribution in [2.45, 2.75) is 6.42 Å². The van der Waals surface area contributed by atoms with E-state index in [9.17, 15) is 14.4 Å². The number of rotatable bonds is 5. The highest BCUT2D eigenvalue weighted by molar-refractivity contribution is 6.34. The molecule has 1 amide bonds. The predicted molar refractivity (Wildman–Crippen MR) is 98.7 cm³/mol. The molecule has 134 valence electrons. The first-order valence-electron chi connectivity index (χ1n) is 7.96. The molecule has 26 heavy (non-hydrogen) atoms. The summed E-state index contributed by atoms with van der Waals surface area (Å²) in [6.07, 6.45) is 0.0270. The van der Waals surface area contributed by atoms with Crippen molar-refractivity contribution in [2.24, 2.45) is 5.92 Å². The third kappa shape index (κ3) is 4.06. The van der Waals surface area contributed by atoms with E-state index >= 15 is 0 Å². The minimum atomic E-state index is -0.628. The summed E-state index contributed by atoms with van der Waals surface area (Å²) in [4.78, 5) is 38.0. The Morgan fingerprint density at radius 3 is 2.46 bits per heavy atom. The van der Waals surface area contributed by atoms with Crippen molar-refractivity contribution in [3.63, 3.8) is 0 Å². The van der Waals surface area contributed by atoms with Crippen LogP contribution in [0.25, 0.3) is 0 Å². The third-order valence-corrected chi connectivity index (χ3v) is 4.68. The largest absolute Gasteiger partial charge is 0.457 e. The number of Topliss-reactive ketones (excluding diaryl/α,β-unsaturated/α-hetero) is 1. The van der Waals surface area contributed by atoms with E-state index in [2.05, 4.69) is 0 Å². The zero-order chi connectivity index (χ0) is 18.7. The molecule has 1 aliphatic heterocycles. The van der Waals surface area contributed by atoms with Crippen molar-refractivity contribution in [2.75, 3.05) is 18.1 Å². The van der Waals surface area contributed by atoms with Crippen molar-refractivity contribution in [3.8, 4) is 0 Å². The first-order valence-corrected chi connectivity index (χ1v) is 8.71. The molecule has 0 N–H and O–H groups in total. The van der Waals surface area contributed by atoms with Crippen molar-refractivity contribution in [1.82, 2.24) is 0 Å². The first-order chi connectivity index (χ1) is 12.5. The lowest BCUT2D eigenvalue weighted by Gasteiger charge is -2.17. The van der Waals surface area contributed by atoms with Gasteiger partial charge in [0, 0.05) is 23.6 Å². The van der Waals surface area contributed by atoms with Crippen LogP contribution < -0.4 is 4.90 Å². The van der Waals surface area contributed by atoms with Gasteiger partial charge in [-0.2, -0.15) is 0 Å². The summed E-state index contributed by atoms with van der Waals surface area (Å²) in [7, 11) is 0. The number of anilines is 1. The first kappa shape index (κ1) is 18.4. The fourth-order valence-electron chi connectivity index (χ4n) is 2.74. The average molecular weight is 392 g/mol. The SMILES string of the molecule is O=C(COC(=O)C1CC(=O)N(c2ccccc2Cl)C1)c1ccc(Cl)cc1. The molecule has 1 heterocycles. The maximum atomic E-state index is 12.2. The van der Waals surface area contributed by atoms with Gasteiger partial charge in [-0.3, -0.25) is 14.4 Å². The number of hydrogen-bond acceptors (Lipinski definition) is 4. The fraction of sp³-hybridized carbons (Fsp3) is 0.211. The highest BCUT2D eigenvalue weighted by atomic mass is 35.5. The summed E-state index contributed by atoms with van der Waals surface area (Å²) in [5, 5.41) is 0.954. The summed E-state index contributed by atoms with van der Waals surface area (Å²) in [6.45, 7) is -0.201. The number of carbonyl (C=O) groups excluding carboxylic acids is 3. The van der Waals surface area contributed by atoms with E-state index < -0.39 is 11.9 Å². The van der Waals surface area contributed by atoms with Gasteiger partial charge in [0.05, 0.1) is 16.6 Å². The molecule has 0 saturated carbocycles. The van der Waals surface area contributed by atoms with Gasteiger partial charge in [0.2, 0.25) is 5.91 Å². The number of esters is 1. The number of carbonyl (C=O) groups is 3. The number of hydrogen-bond donors (Lipinski definition) is 0. The molecule has 1 fully saturated rings. The molecule has 5 nitrogen and oxygen atoms in total. The van der Waals surface area contributed by atoms with E-state index in [1.807, 2.05) is 0 Å². The van der Waals surface area contributed by atoms with Gasteiger partial charge >= 0.3 is 5.97 Å². The quantitative estimate of drug-likeness (QED) is 0.574. The Bertz CT molecular complexity index is 851. The second-order valence-corrected chi connectivity index (χ2v) is 6.74. The molecule has 1 atom stereocenters. The molecular formula is C19H15Cl2NO4. The molecular weight excluding hydrogens is 377 g/mol. The van der Waals surface area contributed by atoms with E-state index in [4.69, 9.17) is 27.9 Å². The van der Waals surface area contributed by atoms with Crippen LogP contribution in [0.2, 0.25) is 10.0 Å². The Labute approximate surface area is 160 Å². The molecule has 0 aromatic heterocycles. The average Bonchev–Trinajstić information content (AvgIpc) is 3.02. The van der Waals surface area contributed by atoms with Crippen LogP contribution in [0, 0.1) is 5.92 Å². The molecule has 3 rings (SSSR count). The Hall–Kier alpha value is -2.37. The summed E-state index contributed by atoms with van der Waals surface area (Å²) in [5.41, 5.74) is 0.967. The van der Waals surface area contributed by atoms with E-state index in [1.54, 1.807) is 48.5 Å². The number of ether oxygens (including phenoxy) is 1.